The molecule has 4 aromatic rings. The number of amides is 6. The summed E-state index contributed by atoms with van der Waals surface area (Å²) in [4.78, 5) is 97.8. The Morgan fingerprint density at radius 2 is 1.36 bits per heavy atom. The van der Waals surface area contributed by atoms with Gasteiger partial charge in [-0.1, -0.05) is 86.5 Å². The number of carbonyl (C=O) groups is 6. The standard InChI is InChI=1S/C63H85FN8O17/c1-9-10-11-27-88-45-23-18-39(19-24-45)38-12-14-40(15-13-38)46-25-20-42(30-47(46)64)57(81)65-35(3)29-49(77)61(89-28-26-72(6,7)8)68-60(84)53-54(78)34(2)32-71(53)62(85)50(36(4)73)66-59(83)52(56(80)55(79)41-16-21-43(75)22-17-41)67-58(82)48-31-44(76)33-70(48)63(86)51(69-87)37(5)74/h12-25,30,34-37,44,48-56,61,73-74,76-80H,9-11,26-29,31-33H2,1-8H3,(H4-,65,66,67,68,75,81,82,83,84)/p+1/t34-,35+,36+,37+,44+,48-,49+,50-,51-,52-,53-,54-,55-,56-,61+/m0/s1. The van der Waals surface area contributed by atoms with Crippen LogP contribution < -0.4 is 26.0 Å². The predicted molar refractivity (Wildman–Crippen MR) is 323 cm³/mol. The van der Waals surface area contributed by atoms with Gasteiger partial charge in [0.2, 0.25) is 23.6 Å². The average molecular weight is 1250 g/mol. The fraction of sp³-hybridized carbons (Fsp3) is 0.524. The van der Waals surface area contributed by atoms with E-state index in [0.29, 0.717) is 23.2 Å². The van der Waals surface area contributed by atoms with Gasteiger partial charge in [-0.2, -0.15) is 0 Å². The molecule has 0 unspecified atom stereocenters. The van der Waals surface area contributed by atoms with Crippen LogP contribution in [0.2, 0.25) is 0 Å². The first-order valence-corrected chi connectivity index (χ1v) is 29.8. The van der Waals surface area contributed by atoms with Crippen LogP contribution in [0.15, 0.2) is 96.2 Å². The van der Waals surface area contributed by atoms with E-state index in [1.807, 2.05) is 57.5 Å². The molecule has 25 nitrogen and oxygen atoms in total. The molecule has 0 aromatic heterocycles. The Morgan fingerprint density at radius 3 is 1.94 bits per heavy atom. The van der Waals surface area contributed by atoms with Gasteiger partial charge in [0, 0.05) is 42.6 Å². The molecule has 2 saturated heterocycles. The zero-order valence-electron chi connectivity index (χ0n) is 51.3. The van der Waals surface area contributed by atoms with Gasteiger partial charge in [-0.25, -0.2) is 4.39 Å². The molecule has 6 rings (SSSR count). The fourth-order valence-electron chi connectivity index (χ4n) is 10.6. The molecule has 0 radical (unpaired) electrons. The highest BCUT2D eigenvalue weighted by atomic mass is 19.1. The minimum Gasteiger partial charge on any atom is -0.508 e. The fourth-order valence-corrected chi connectivity index (χ4v) is 10.6. The number of phenolic OH excluding ortho intramolecular Hbond substituents is 1. The van der Waals surface area contributed by atoms with Crippen LogP contribution in [0, 0.1) is 16.6 Å². The zero-order chi connectivity index (χ0) is 65.6. The first kappa shape index (κ1) is 70.6. The molecule has 0 bridgehead atoms. The van der Waals surface area contributed by atoms with Gasteiger partial charge in [0.15, 0.2) is 12.3 Å². The van der Waals surface area contributed by atoms with Crippen molar-refractivity contribution in [3.8, 4) is 33.8 Å². The number of quaternary nitrogens is 1. The third-order valence-corrected chi connectivity index (χ3v) is 15.8. The number of ether oxygens (including phenoxy) is 2. The quantitative estimate of drug-likeness (QED) is 0.0153. The van der Waals surface area contributed by atoms with Crippen molar-refractivity contribution in [2.45, 2.75) is 152 Å². The number of aliphatic hydroxyl groups is 7. The number of unbranched alkanes of at least 4 members (excludes halogenated alkanes) is 2. The van der Waals surface area contributed by atoms with Gasteiger partial charge in [0.05, 0.1) is 58.8 Å². The topological polar surface area (TPSA) is 367 Å². The van der Waals surface area contributed by atoms with E-state index in [0.717, 1.165) is 78.0 Å². The first-order valence-electron chi connectivity index (χ1n) is 29.8. The molecule has 0 saturated carbocycles. The van der Waals surface area contributed by atoms with Crippen LogP contribution in [-0.4, -0.2) is 224 Å². The van der Waals surface area contributed by atoms with Crippen molar-refractivity contribution in [3.05, 3.63) is 113 Å². The molecule has 12 N–H and O–H groups in total. The highest BCUT2D eigenvalue weighted by Crippen LogP contribution is 2.31. The maximum absolute atomic E-state index is 15.8. The van der Waals surface area contributed by atoms with Gasteiger partial charge in [-0.3, -0.25) is 28.8 Å². The lowest BCUT2D eigenvalue weighted by Crippen LogP contribution is -2.64. The summed E-state index contributed by atoms with van der Waals surface area (Å²) in [5.41, 5.74) is 2.61. The average Bonchev–Trinajstić information content (AvgIpc) is 1.78. The number of hydrogen-bond donors (Lipinski definition) is 12. The van der Waals surface area contributed by atoms with E-state index in [4.69, 9.17) is 9.47 Å². The van der Waals surface area contributed by atoms with Gasteiger partial charge in [0.25, 0.3) is 11.8 Å². The smallest absolute Gasteiger partial charge is 0.254 e. The van der Waals surface area contributed by atoms with Crippen molar-refractivity contribution in [1.29, 1.82) is 0 Å². The first-order chi connectivity index (χ1) is 42.0. The Morgan fingerprint density at radius 1 is 0.730 bits per heavy atom. The summed E-state index contributed by atoms with van der Waals surface area (Å²) in [5, 5.41) is 100. The molecular weight excluding hydrogens is 1160 g/mol. The van der Waals surface area contributed by atoms with Crippen molar-refractivity contribution < 1.29 is 88.0 Å². The van der Waals surface area contributed by atoms with Crippen LogP contribution in [0.4, 0.5) is 4.39 Å². The van der Waals surface area contributed by atoms with Gasteiger partial charge in [-0.05, 0) is 92.3 Å². The van der Waals surface area contributed by atoms with Crippen LogP contribution in [0.5, 0.6) is 11.5 Å². The number of carbonyl (C=O) groups excluding carboxylic acids is 6. The summed E-state index contributed by atoms with van der Waals surface area (Å²) >= 11 is 0. The highest BCUT2D eigenvalue weighted by Gasteiger charge is 2.50. The lowest BCUT2D eigenvalue weighted by Gasteiger charge is -2.34. The minimum absolute atomic E-state index is 0.0132. The maximum atomic E-state index is 15.8. The van der Waals surface area contributed by atoms with Crippen molar-refractivity contribution in [1.82, 2.24) is 31.1 Å². The molecule has 486 valence electrons. The van der Waals surface area contributed by atoms with E-state index in [2.05, 4.69) is 33.4 Å². The number of β-amino-alcohol motifs (C(OH)–C–C–N with tert-alkyl or cyclic N) is 1. The lowest BCUT2D eigenvalue weighted by atomic mass is 9.96. The van der Waals surface area contributed by atoms with Crippen molar-refractivity contribution in [2.75, 3.05) is 54.0 Å². The zero-order valence-corrected chi connectivity index (χ0v) is 51.3. The Kier molecular flexibility index (Phi) is 25.2. The number of phenols is 1. The number of nitrogens with zero attached hydrogens (tertiary/aromatic N) is 4. The maximum Gasteiger partial charge on any atom is 0.254 e. The SMILES string of the molecule is CCCCCOc1ccc(-c2ccc(-c3ccc(C(=O)N[C@H](C)C[C@@H](O)[C@H](NC(=O)[C@@H]4[C@@H](O)[C@@H](C)CN4C(=O)[C@@H](NC(=O)[C@@H](NC(=O)[C@@H]4C[C@@H](O)CN4C(=O)[C@@H](N=O)[C@@H](C)O)[C@H](O)[C@@H](O)c4ccc(O)cc4)[C@@H](C)O)OCC[N+](C)(C)C)cc3F)cc2)cc1. The monoisotopic (exact) mass is 1250 g/mol. The van der Waals surface area contributed by atoms with E-state index >= 15 is 4.39 Å². The van der Waals surface area contributed by atoms with Gasteiger partial charge >= 0.3 is 0 Å². The third-order valence-electron chi connectivity index (χ3n) is 15.8. The van der Waals surface area contributed by atoms with E-state index in [-0.39, 0.29) is 42.0 Å². The van der Waals surface area contributed by atoms with Gasteiger partial charge < -0.3 is 85.9 Å². The number of halogens is 1. The number of likely N-dealkylation sites (N-methyl/N-ethyl adjacent to an activating group) is 1. The summed E-state index contributed by atoms with van der Waals surface area (Å²) < 4.78 is 28.1. The summed E-state index contributed by atoms with van der Waals surface area (Å²) in [6.07, 6.45) is -11.3. The van der Waals surface area contributed by atoms with E-state index in [1.54, 1.807) is 19.1 Å². The van der Waals surface area contributed by atoms with Gasteiger partial charge in [-0.15, -0.1) is 4.91 Å². The molecule has 2 aliphatic rings. The second-order valence-corrected chi connectivity index (χ2v) is 24.2. The summed E-state index contributed by atoms with van der Waals surface area (Å²) in [7, 11) is 5.61. The molecule has 26 heteroatoms. The van der Waals surface area contributed by atoms with Crippen molar-refractivity contribution >= 4 is 35.4 Å². The van der Waals surface area contributed by atoms with Crippen molar-refractivity contribution in [3.63, 3.8) is 0 Å². The summed E-state index contributed by atoms with van der Waals surface area (Å²) in [5.74, 6) is -7.58. The van der Waals surface area contributed by atoms with Crippen LogP contribution in [0.1, 0.15) is 88.7 Å². The molecule has 0 spiro atoms. The molecule has 0 aliphatic carbocycles. The summed E-state index contributed by atoms with van der Waals surface area (Å²) in [6, 6.07) is 13.4. The van der Waals surface area contributed by atoms with E-state index in [9.17, 15) is 74.5 Å². The number of aromatic hydroxyl groups is 1. The molecule has 2 fully saturated rings. The predicted octanol–water partition coefficient (Wildman–Crippen LogP) is 1.60. The van der Waals surface area contributed by atoms with Crippen molar-refractivity contribution in [2.24, 2.45) is 11.1 Å². The largest absolute Gasteiger partial charge is 0.508 e. The molecule has 15 atom stereocenters. The summed E-state index contributed by atoms with van der Waals surface area (Å²) in [6.45, 7) is 7.53. The minimum atomic E-state index is -2.30. The number of nitrogens with one attached hydrogen (secondary N) is 4. The van der Waals surface area contributed by atoms with E-state index < -0.39 is 145 Å². The van der Waals surface area contributed by atoms with Gasteiger partial charge in [0.1, 0.15) is 66.3 Å². The van der Waals surface area contributed by atoms with E-state index in [1.165, 1.54) is 31.2 Å². The number of likely N-dealkylation sites (tertiary alicyclic amines) is 2. The van der Waals surface area contributed by atoms with Crippen LogP contribution >= 0.6 is 0 Å². The van der Waals surface area contributed by atoms with Crippen LogP contribution in [0.3, 0.4) is 0 Å². The third kappa shape index (κ3) is 18.8. The molecule has 4 aromatic carbocycles. The number of hydrogen-bond acceptors (Lipinski definition) is 18. The van der Waals surface area contributed by atoms with Crippen LogP contribution in [-0.2, 0) is 28.7 Å². The second kappa shape index (κ2) is 31.8. The Hall–Kier alpha value is -7.53. The normalized spacial score (nSPS) is 21.0. The molecule has 2 heterocycles. The molecule has 6 amide bonds. The Labute approximate surface area is 516 Å². The number of nitroso groups, excluding NO2 is 1. The number of benzene rings is 4. The number of aliphatic hydroxyl groups excluding tert-OH is 7. The van der Waals surface area contributed by atoms with Crippen LogP contribution in [0.25, 0.3) is 22.3 Å². The molecule has 2 aliphatic heterocycles. The highest BCUT2D eigenvalue weighted by molar-refractivity contribution is 5.97. The lowest BCUT2D eigenvalue weighted by molar-refractivity contribution is -0.870. The molecular formula is C63H86FN8O17+. The Balaban J connectivity index is 1.16. The molecule has 89 heavy (non-hydrogen) atoms. The number of rotatable bonds is 30. The second-order valence-electron chi connectivity index (χ2n) is 24.2. The Bertz CT molecular complexity index is 3040.